The van der Waals surface area contributed by atoms with Crippen molar-refractivity contribution in [3.05, 3.63) is 18.0 Å². The van der Waals surface area contributed by atoms with Gasteiger partial charge in [0, 0.05) is 43.4 Å². The smallest absolute Gasteiger partial charge is 0.225 e. The van der Waals surface area contributed by atoms with Gasteiger partial charge in [0.05, 0.1) is 19.3 Å². The van der Waals surface area contributed by atoms with Gasteiger partial charge in [-0.2, -0.15) is 5.10 Å². The fourth-order valence-electron chi connectivity index (χ4n) is 4.25. The topological polar surface area (TPSA) is 67.6 Å². The van der Waals surface area contributed by atoms with Gasteiger partial charge in [-0.25, -0.2) is 0 Å². The van der Waals surface area contributed by atoms with Crippen molar-refractivity contribution in [2.45, 2.75) is 64.0 Å². The van der Waals surface area contributed by atoms with Crippen molar-refractivity contribution in [1.82, 2.24) is 14.7 Å². The zero-order valence-electron chi connectivity index (χ0n) is 15.3. The summed E-state index contributed by atoms with van der Waals surface area (Å²) in [4.78, 5) is 14.9. The molecule has 0 bridgehead atoms. The second kappa shape index (κ2) is 8.81. The Morgan fingerprint density at radius 3 is 2.88 bits per heavy atom. The molecule has 1 aromatic heterocycles. The minimum atomic E-state index is 0.106. The van der Waals surface area contributed by atoms with E-state index in [2.05, 4.69) is 16.9 Å². The molecule has 6 nitrogen and oxygen atoms in total. The fourth-order valence-corrected chi connectivity index (χ4v) is 4.25. The van der Waals surface area contributed by atoms with Gasteiger partial charge in [-0.05, 0) is 38.2 Å². The van der Waals surface area contributed by atoms with Crippen molar-refractivity contribution in [2.75, 3.05) is 26.3 Å². The highest BCUT2D eigenvalue weighted by Gasteiger charge is 2.33. The predicted molar refractivity (Wildman–Crippen MR) is 95.2 cm³/mol. The van der Waals surface area contributed by atoms with Crippen LogP contribution in [0.3, 0.4) is 0 Å². The number of aromatic nitrogens is 2. The van der Waals surface area contributed by atoms with Crippen LogP contribution in [-0.2, 0) is 16.1 Å². The van der Waals surface area contributed by atoms with Gasteiger partial charge in [-0.15, -0.1) is 0 Å². The molecule has 0 aliphatic carbocycles. The molecule has 25 heavy (non-hydrogen) atoms. The van der Waals surface area contributed by atoms with Gasteiger partial charge in [-0.3, -0.25) is 9.48 Å². The van der Waals surface area contributed by atoms with Crippen LogP contribution in [0.5, 0.6) is 0 Å². The van der Waals surface area contributed by atoms with Crippen LogP contribution in [0.15, 0.2) is 12.3 Å². The molecular formula is C19H31N3O3. The van der Waals surface area contributed by atoms with Crippen LogP contribution in [0.25, 0.3) is 0 Å². The van der Waals surface area contributed by atoms with Crippen LogP contribution in [0.1, 0.15) is 57.1 Å². The molecule has 0 saturated carbocycles. The summed E-state index contributed by atoms with van der Waals surface area (Å²) < 4.78 is 7.69. The summed E-state index contributed by atoms with van der Waals surface area (Å²) in [6.45, 7) is 5.18. The van der Waals surface area contributed by atoms with Crippen LogP contribution < -0.4 is 0 Å². The maximum absolute atomic E-state index is 12.9. The average Bonchev–Trinajstić information content (AvgIpc) is 3.10. The van der Waals surface area contributed by atoms with Crippen molar-refractivity contribution in [3.63, 3.8) is 0 Å². The SMILES string of the molecule is CCC[C@H]1C[C@H](C(=O)N2CCC(c3ccnn3CCO)CC2)CCO1. The maximum Gasteiger partial charge on any atom is 0.225 e. The summed E-state index contributed by atoms with van der Waals surface area (Å²) in [5, 5.41) is 13.5. The second-order valence-electron chi connectivity index (χ2n) is 7.31. The largest absolute Gasteiger partial charge is 0.394 e. The Morgan fingerprint density at radius 2 is 2.16 bits per heavy atom. The highest BCUT2D eigenvalue weighted by atomic mass is 16.5. The Hall–Kier alpha value is -1.40. The highest BCUT2D eigenvalue weighted by molar-refractivity contribution is 5.79. The van der Waals surface area contributed by atoms with Gasteiger partial charge >= 0.3 is 0 Å². The molecule has 3 heterocycles. The van der Waals surface area contributed by atoms with E-state index in [9.17, 15) is 4.79 Å². The van der Waals surface area contributed by atoms with E-state index in [4.69, 9.17) is 9.84 Å². The number of likely N-dealkylation sites (tertiary alicyclic amines) is 1. The standard InChI is InChI=1S/C19H31N3O3/c1-2-3-17-14-16(7-13-25-17)19(24)21-9-5-15(6-10-21)18-4-8-20-22(18)11-12-23/h4,8,15-17,23H,2-3,5-7,9-14H2,1H3/t16-,17+/m1/s1. The molecule has 3 rings (SSSR count). The third-order valence-corrected chi connectivity index (χ3v) is 5.61. The van der Waals surface area contributed by atoms with E-state index in [0.717, 1.165) is 58.2 Å². The number of hydrogen-bond donors (Lipinski definition) is 1. The van der Waals surface area contributed by atoms with Gasteiger partial charge in [0.1, 0.15) is 0 Å². The fraction of sp³-hybridized carbons (Fsp3) is 0.789. The van der Waals surface area contributed by atoms with E-state index in [1.54, 1.807) is 6.20 Å². The molecule has 0 spiro atoms. The molecule has 0 unspecified atom stereocenters. The molecule has 1 amide bonds. The van der Waals surface area contributed by atoms with Gasteiger partial charge in [0.15, 0.2) is 0 Å². The van der Waals surface area contributed by atoms with E-state index in [0.29, 0.717) is 18.4 Å². The van der Waals surface area contributed by atoms with E-state index in [-0.39, 0.29) is 18.6 Å². The van der Waals surface area contributed by atoms with Gasteiger partial charge in [0.25, 0.3) is 0 Å². The number of piperidine rings is 1. The molecule has 2 aliphatic heterocycles. The maximum atomic E-state index is 12.9. The molecule has 0 aromatic carbocycles. The van der Waals surface area contributed by atoms with E-state index >= 15 is 0 Å². The number of nitrogens with zero attached hydrogens (tertiary/aromatic N) is 3. The molecule has 2 aliphatic rings. The number of hydrogen-bond acceptors (Lipinski definition) is 4. The van der Waals surface area contributed by atoms with Crippen LogP contribution in [0, 0.1) is 5.92 Å². The Labute approximate surface area is 150 Å². The summed E-state index contributed by atoms with van der Waals surface area (Å²) in [5.41, 5.74) is 1.19. The number of aliphatic hydroxyl groups excluding tert-OH is 1. The summed E-state index contributed by atoms with van der Waals surface area (Å²) in [5.74, 6) is 0.897. The summed E-state index contributed by atoms with van der Waals surface area (Å²) in [6, 6.07) is 2.05. The Morgan fingerprint density at radius 1 is 1.36 bits per heavy atom. The number of ether oxygens (including phenoxy) is 1. The van der Waals surface area contributed by atoms with Crippen molar-refractivity contribution < 1.29 is 14.6 Å². The number of carbonyl (C=O) groups is 1. The normalized spacial score (nSPS) is 25.3. The lowest BCUT2D eigenvalue weighted by Gasteiger charge is -2.36. The second-order valence-corrected chi connectivity index (χ2v) is 7.31. The molecule has 2 atom stereocenters. The minimum absolute atomic E-state index is 0.106. The van der Waals surface area contributed by atoms with Crippen molar-refractivity contribution in [2.24, 2.45) is 5.92 Å². The van der Waals surface area contributed by atoms with Crippen LogP contribution in [0.4, 0.5) is 0 Å². The summed E-state index contributed by atoms with van der Waals surface area (Å²) in [7, 11) is 0. The molecule has 1 N–H and O–H groups in total. The first kappa shape index (κ1) is 18.4. The zero-order valence-corrected chi connectivity index (χ0v) is 15.3. The third-order valence-electron chi connectivity index (χ3n) is 5.61. The number of aliphatic hydroxyl groups is 1. The molecular weight excluding hydrogens is 318 g/mol. The quantitative estimate of drug-likeness (QED) is 0.855. The van der Waals surface area contributed by atoms with Gasteiger partial charge in [-0.1, -0.05) is 13.3 Å². The molecule has 2 saturated heterocycles. The Kier molecular flexibility index (Phi) is 6.48. The zero-order chi connectivity index (χ0) is 17.6. The summed E-state index contributed by atoms with van der Waals surface area (Å²) in [6.07, 6.45) is 7.93. The minimum Gasteiger partial charge on any atom is -0.394 e. The van der Waals surface area contributed by atoms with Crippen molar-refractivity contribution in [1.29, 1.82) is 0 Å². The first-order chi connectivity index (χ1) is 12.2. The number of carbonyl (C=O) groups excluding carboxylic acids is 1. The molecule has 140 valence electrons. The summed E-state index contributed by atoms with van der Waals surface area (Å²) >= 11 is 0. The first-order valence-corrected chi connectivity index (χ1v) is 9.75. The lowest BCUT2D eigenvalue weighted by Crippen LogP contribution is -2.44. The van der Waals surface area contributed by atoms with Crippen molar-refractivity contribution in [3.8, 4) is 0 Å². The molecule has 0 radical (unpaired) electrons. The molecule has 2 fully saturated rings. The van der Waals surface area contributed by atoms with Crippen LogP contribution in [-0.4, -0.2) is 58.1 Å². The lowest BCUT2D eigenvalue weighted by molar-refractivity contribution is -0.142. The first-order valence-electron chi connectivity index (χ1n) is 9.75. The van der Waals surface area contributed by atoms with Crippen LogP contribution in [0.2, 0.25) is 0 Å². The Bertz CT molecular complexity index is 550. The third kappa shape index (κ3) is 4.42. The van der Waals surface area contributed by atoms with E-state index < -0.39 is 0 Å². The van der Waals surface area contributed by atoms with Gasteiger partial charge < -0.3 is 14.7 Å². The van der Waals surface area contributed by atoms with Crippen molar-refractivity contribution >= 4 is 5.91 Å². The molecule has 6 heteroatoms. The molecule has 1 aromatic rings. The predicted octanol–water partition coefficient (Wildman–Crippen LogP) is 2.18. The Balaban J connectivity index is 1.53. The lowest BCUT2D eigenvalue weighted by atomic mass is 9.89. The highest BCUT2D eigenvalue weighted by Crippen LogP contribution is 2.31. The number of amides is 1. The van der Waals surface area contributed by atoms with E-state index in [1.165, 1.54) is 5.69 Å². The monoisotopic (exact) mass is 349 g/mol. The van der Waals surface area contributed by atoms with Gasteiger partial charge in [0.2, 0.25) is 5.91 Å². The number of rotatable bonds is 6. The average molecular weight is 349 g/mol. The van der Waals surface area contributed by atoms with E-state index in [1.807, 2.05) is 10.7 Å². The van der Waals surface area contributed by atoms with Crippen LogP contribution >= 0.6 is 0 Å².